The third-order valence-electron chi connectivity index (χ3n) is 2.66. The Bertz CT molecular complexity index is 789. The number of anilines is 1. The molecule has 1 amide bonds. The summed E-state index contributed by atoms with van der Waals surface area (Å²) in [5.74, 6) is -0.448. The smallest absolute Gasteiger partial charge is 0.257 e. The Balaban J connectivity index is 2.23. The number of hydrogen-bond donors (Lipinski definition) is 2. The van der Waals surface area contributed by atoms with Gasteiger partial charge in [0.15, 0.2) is 5.03 Å². The molecule has 2 rings (SSSR count). The third-order valence-corrected chi connectivity index (χ3v) is 3.81. The second-order valence-electron chi connectivity index (χ2n) is 4.37. The third kappa shape index (κ3) is 3.78. The molecular weight excluding hydrogens is 314 g/mol. The van der Waals surface area contributed by atoms with Crippen LogP contribution in [0.5, 0.6) is 0 Å². The van der Waals surface area contributed by atoms with E-state index in [9.17, 15) is 13.2 Å². The van der Waals surface area contributed by atoms with E-state index in [0.29, 0.717) is 10.7 Å². The molecule has 0 radical (unpaired) electrons. The molecule has 110 valence electrons. The molecule has 1 heterocycles. The first-order chi connectivity index (χ1) is 9.77. The van der Waals surface area contributed by atoms with Gasteiger partial charge in [0.2, 0.25) is 0 Å². The zero-order valence-electron chi connectivity index (χ0n) is 11.0. The molecule has 0 spiro atoms. The number of hydrogen-bond acceptors (Lipinski definition) is 4. The quantitative estimate of drug-likeness (QED) is 0.900. The summed E-state index contributed by atoms with van der Waals surface area (Å²) >= 11 is 5.99. The predicted octanol–water partition coefficient (Wildman–Crippen LogP) is 1.94. The molecule has 2 aromatic rings. The monoisotopic (exact) mass is 325 g/mol. The summed E-state index contributed by atoms with van der Waals surface area (Å²) in [5, 5.41) is 7.68. The normalized spacial score (nSPS) is 11.2. The minimum atomic E-state index is -3.88. The van der Waals surface area contributed by atoms with Gasteiger partial charge < -0.3 is 5.32 Å². The van der Waals surface area contributed by atoms with Crippen molar-refractivity contribution in [2.75, 3.05) is 5.32 Å². The van der Waals surface area contributed by atoms with Crippen molar-refractivity contribution in [3.8, 4) is 0 Å². The Hall–Kier alpha value is -1.96. The Morgan fingerprint density at radius 3 is 2.57 bits per heavy atom. The van der Waals surface area contributed by atoms with Crippen molar-refractivity contribution in [3.05, 3.63) is 52.7 Å². The van der Waals surface area contributed by atoms with Crippen molar-refractivity contribution >= 4 is 33.2 Å². The zero-order chi connectivity index (χ0) is 15.6. The summed E-state index contributed by atoms with van der Waals surface area (Å²) in [6, 6.07) is 7.72. The van der Waals surface area contributed by atoms with Gasteiger partial charge in [-0.3, -0.25) is 4.79 Å². The standard InChI is InChI=1S/C13H12ClN3O3S/c1-8-2-4-10(14)11(6-8)17-13(18)9-3-5-12(16-7-9)21(15,19)20/h2-7H,1H3,(H,17,18)(H2,15,19,20). The summed E-state index contributed by atoms with van der Waals surface area (Å²) in [5.41, 5.74) is 1.61. The minimum Gasteiger partial charge on any atom is -0.321 e. The van der Waals surface area contributed by atoms with Crippen molar-refractivity contribution in [1.82, 2.24) is 4.98 Å². The fourth-order valence-corrected chi connectivity index (χ4v) is 2.23. The van der Waals surface area contributed by atoms with E-state index in [-0.39, 0.29) is 10.6 Å². The second-order valence-corrected chi connectivity index (χ2v) is 6.28. The van der Waals surface area contributed by atoms with E-state index < -0.39 is 15.9 Å². The molecule has 0 saturated carbocycles. The van der Waals surface area contributed by atoms with Gasteiger partial charge >= 0.3 is 0 Å². The molecule has 0 aliphatic carbocycles. The molecule has 0 bridgehead atoms. The summed E-state index contributed by atoms with van der Waals surface area (Å²) < 4.78 is 22.2. The first-order valence-corrected chi connectivity index (χ1v) is 7.76. The molecule has 3 N–H and O–H groups in total. The maximum atomic E-state index is 12.0. The van der Waals surface area contributed by atoms with Gasteiger partial charge in [-0.15, -0.1) is 0 Å². The van der Waals surface area contributed by atoms with Gasteiger partial charge in [-0.05, 0) is 36.8 Å². The lowest BCUT2D eigenvalue weighted by Gasteiger charge is -2.08. The number of nitrogens with zero attached hydrogens (tertiary/aromatic N) is 1. The number of aromatic nitrogens is 1. The second kappa shape index (κ2) is 5.80. The molecule has 0 saturated heterocycles. The molecule has 1 aromatic carbocycles. The van der Waals surface area contributed by atoms with Gasteiger partial charge in [-0.2, -0.15) is 0 Å². The summed E-state index contributed by atoms with van der Waals surface area (Å²) in [6.45, 7) is 1.87. The van der Waals surface area contributed by atoms with Crippen LogP contribution in [0, 0.1) is 6.92 Å². The molecule has 21 heavy (non-hydrogen) atoms. The Morgan fingerprint density at radius 2 is 2.00 bits per heavy atom. The van der Waals surface area contributed by atoms with E-state index in [1.807, 2.05) is 13.0 Å². The largest absolute Gasteiger partial charge is 0.321 e. The number of rotatable bonds is 3. The highest BCUT2D eigenvalue weighted by Crippen LogP contribution is 2.23. The predicted molar refractivity (Wildman–Crippen MR) is 79.8 cm³/mol. The molecule has 6 nitrogen and oxygen atoms in total. The van der Waals surface area contributed by atoms with E-state index in [1.54, 1.807) is 12.1 Å². The first-order valence-electron chi connectivity index (χ1n) is 5.84. The first kappa shape index (κ1) is 15.4. The molecule has 0 atom stereocenters. The number of nitrogens with two attached hydrogens (primary N) is 1. The van der Waals surface area contributed by atoms with Crippen LogP contribution in [0.4, 0.5) is 5.69 Å². The zero-order valence-corrected chi connectivity index (χ0v) is 12.6. The number of carbonyl (C=O) groups is 1. The van der Waals surface area contributed by atoms with E-state index in [1.165, 1.54) is 12.1 Å². The molecule has 0 aliphatic heterocycles. The minimum absolute atomic E-state index is 0.194. The van der Waals surface area contributed by atoms with Crippen LogP contribution < -0.4 is 10.5 Å². The Kier molecular flexibility index (Phi) is 4.26. The van der Waals surface area contributed by atoms with Gasteiger partial charge in [-0.1, -0.05) is 17.7 Å². The van der Waals surface area contributed by atoms with Crippen LogP contribution in [-0.4, -0.2) is 19.3 Å². The van der Waals surface area contributed by atoms with E-state index in [0.717, 1.165) is 11.8 Å². The van der Waals surface area contributed by atoms with Crippen LogP contribution >= 0.6 is 11.6 Å². The van der Waals surface area contributed by atoms with Crippen LogP contribution in [0.15, 0.2) is 41.6 Å². The molecule has 0 unspecified atom stereocenters. The van der Waals surface area contributed by atoms with Crippen molar-refractivity contribution < 1.29 is 13.2 Å². The lowest BCUT2D eigenvalue weighted by Crippen LogP contribution is -2.16. The van der Waals surface area contributed by atoms with E-state index >= 15 is 0 Å². The average Bonchev–Trinajstić information content (AvgIpc) is 2.42. The Labute approximate surface area is 127 Å². The van der Waals surface area contributed by atoms with Crippen molar-refractivity contribution in [2.24, 2.45) is 5.14 Å². The van der Waals surface area contributed by atoms with Crippen LogP contribution in [-0.2, 0) is 10.0 Å². The lowest BCUT2D eigenvalue weighted by molar-refractivity contribution is 0.102. The maximum absolute atomic E-state index is 12.0. The van der Waals surface area contributed by atoms with Crippen molar-refractivity contribution in [2.45, 2.75) is 11.9 Å². The van der Waals surface area contributed by atoms with Gasteiger partial charge in [0.05, 0.1) is 16.3 Å². The molecule has 1 aromatic heterocycles. The van der Waals surface area contributed by atoms with Crippen LogP contribution in [0.25, 0.3) is 0 Å². The van der Waals surface area contributed by atoms with E-state index in [4.69, 9.17) is 16.7 Å². The number of pyridine rings is 1. The van der Waals surface area contributed by atoms with Crippen LogP contribution in [0.3, 0.4) is 0 Å². The van der Waals surface area contributed by atoms with Gasteiger partial charge in [-0.25, -0.2) is 18.5 Å². The fourth-order valence-electron chi connectivity index (χ4n) is 1.61. The number of amides is 1. The summed E-state index contributed by atoms with van der Waals surface area (Å²) in [7, 11) is -3.88. The highest BCUT2D eigenvalue weighted by Gasteiger charge is 2.13. The van der Waals surface area contributed by atoms with Gasteiger partial charge in [0, 0.05) is 6.20 Å². The summed E-state index contributed by atoms with van der Waals surface area (Å²) in [6.07, 6.45) is 1.14. The number of halogens is 1. The molecule has 0 aliphatic rings. The molecule has 8 heteroatoms. The summed E-state index contributed by atoms with van der Waals surface area (Å²) in [4.78, 5) is 15.7. The lowest BCUT2D eigenvalue weighted by atomic mass is 10.2. The molecule has 0 fully saturated rings. The fraction of sp³-hybridized carbons (Fsp3) is 0.0769. The van der Waals surface area contributed by atoms with E-state index in [2.05, 4.69) is 10.3 Å². The van der Waals surface area contributed by atoms with Crippen molar-refractivity contribution in [1.29, 1.82) is 0 Å². The number of nitrogens with one attached hydrogen (secondary N) is 1. The van der Waals surface area contributed by atoms with Crippen LogP contribution in [0.1, 0.15) is 15.9 Å². The van der Waals surface area contributed by atoms with Gasteiger partial charge in [0.25, 0.3) is 15.9 Å². The number of aryl methyl sites for hydroxylation is 1. The number of primary sulfonamides is 1. The number of benzene rings is 1. The Morgan fingerprint density at radius 1 is 1.29 bits per heavy atom. The van der Waals surface area contributed by atoms with Crippen LogP contribution in [0.2, 0.25) is 5.02 Å². The van der Waals surface area contributed by atoms with Gasteiger partial charge in [0.1, 0.15) is 0 Å². The highest BCUT2D eigenvalue weighted by atomic mass is 35.5. The maximum Gasteiger partial charge on any atom is 0.257 e. The highest BCUT2D eigenvalue weighted by molar-refractivity contribution is 7.89. The average molecular weight is 326 g/mol. The number of carbonyl (C=O) groups excluding carboxylic acids is 1. The van der Waals surface area contributed by atoms with Crippen molar-refractivity contribution in [3.63, 3.8) is 0 Å². The molecular formula is C13H12ClN3O3S. The number of sulfonamides is 1. The topological polar surface area (TPSA) is 102 Å². The SMILES string of the molecule is Cc1ccc(Cl)c(NC(=O)c2ccc(S(N)(=O)=O)nc2)c1.